The monoisotopic (exact) mass is 295 g/mol. The minimum atomic E-state index is 0.0125. The van der Waals surface area contributed by atoms with Crippen LogP contribution in [0.3, 0.4) is 0 Å². The molecule has 5 fully saturated rings. The van der Waals surface area contributed by atoms with Crippen molar-refractivity contribution in [3.63, 3.8) is 0 Å². The standard InChI is InChI=1S/C20H25NO/c22-19(21-18-9-17(18)16-4-2-1-3-5-16)20-10-13-6-14(11-20)8-15(7-13)12-20/h1-5,13-15,17-18H,6-12H2,(H,21,22)/t13?,14?,15?,17-,18+,20?/m1/s1. The van der Waals surface area contributed by atoms with Gasteiger partial charge in [0.15, 0.2) is 0 Å². The second-order valence-corrected chi connectivity index (χ2v) is 8.53. The zero-order valence-corrected chi connectivity index (χ0v) is 13.1. The maximum Gasteiger partial charge on any atom is 0.226 e. The number of rotatable bonds is 3. The van der Waals surface area contributed by atoms with Crippen LogP contribution in [0.5, 0.6) is 0 Å². The van der Waals surface area contributed by atoms with Crippen LogP contribution in [0.1, 0.15) is 56.4 Å². The number of hydrogen-bond acceptors (Lipinski definition) is 1. The van der Waals surface area contributed by atoms with Gasteiger partial charge in [-0.1, -0.05) is 30.3 Å². The van der Waals surface area contributed by atoms with E-state index in [1.54, 1.807) is 0 Å². The molecule has 0 radical (unpaired) electrons. The molecule has 2 nitrogen and oxygen atoms in total. The van der Waals surface area contributed by atoms with Gasteiger partial charge in [-0.25, -0.2) is 0 Å². The van der Waals surface area contributed by atoms with Crippen LogP contribution < -0.4 is 5.32 Å². The summed E-state index contributed by atoms with van der Waals surface area (Å²) in [5, 5.41) is 3.42. The minimum Gasteiger partial charge on any atom is -0.352 e. The van der Waals surface area contributed by atoms with Gasteiger partial charge in [0.25, 0.3) is 0 Å². The van der Waals surface area contributed by atoms with E-state index in [1.807, 2.05) is 0 Å². The van der Waals surface area contributed by atoms with Crippen LogP contribution in [0.25, 0.3) is 0 Å². The molecule has 22 heavy (non-hydrogen) atoms. The van der Waals surface area contributed by atoms with Gasteiger partial charge in [0.1, 0.15) is 0 Å². The second-order valence-electron chi connectivity index (χ2n) is 8.53. The largest absolute Gasteiger partial charge is 0.352 e. The van der Waals surface area contributed by atoms with Gasteiger partial charge < -0.3 is 5.32 Å². The van der Waals surface area contributed by atoms with Gasteiger partial charge in [-0.3, -0.25) is 4.79 Å². The highest BCUT2D eigenvalue weighted by atomic mass is 16.2. The highest BCUT2D eigenvalue weighted by Gasteiger charge is 2.55. The van der Waals surface area contributed by atoms with Crippen LogP contribution in [0.4, 0.5) is 0 Å². The summed E-state index contributed by atoms with van der Waals surface area (Å²) in [5.74, 6) is 3.50. The Labute approximate surface area is 132 Å². The molecule has 0 saturated heterocycles. The number of amides is 1. The summed E-state index contributed by atoms with van der Waals surface area (Å²) < 4.78 is 0. The first-order valence-corrected chi connectivity index (χ1v) is 9.08. The van der Waals surface area contributed by atoms with Crippen molar-refractivity contribution in [2.75, 3.05) is 0 Å². The first kappa shape index (κ1) is 13.2. The first-order chi connectivity index (χ1) is 10.7. The third-order valence-electron chi connectivity index (χ3n) is 6.85. The Morgan fingerprint density at radius 1 is 0.909 bits per heavy atom. The summed E-state index contributed by atoms with van der Waals surface area (Å²) in [6, 6.07) is 11.1. The van der Waals surface area contributed by atoms with Crippen molar-refractivity contribution in [3.05, 3.63) is 35.9 Å². The van der Waals surface area contributed by atoms with Gasteiger partial charge in [0.2, 0.25) is 5.91 Å². The maximum atomic E-state index is 13.0. The van der Waals surface area contributed by atoms with Crippen molar-refractivity contribution < 1.29 is 4.79 Å². The molecule has 5 aliphatic carbocycles. The van der Waals surface area contributed by atoms with E-state index < -0.39 is 0 Å². The molecule has 0 unspecified atom stereocenters. The summed E-state index contributed by atoms with van der Waals surface area (Å²) in [5.41, 5.74) is 1.40. The molecule has 116 valence electrons. The average Bonchev–Trinajstić information content (AvgIpc) is 3.26. The van der Waals surface area contributed by atoms with Gasteiger partial charge >= 0.3 is 0 Å². The van der Waals surface area contributed by atoms with Crippen LogP contribution in [-0.2, 0) is 4.79 Å². The summed E-state index contributed by atoms with van der Waals surface area (Å²) in [6.45, 7) is 0. The van der Waals surface area contributed by atoms with Crippen molar-refractivity contribution >= 4 is 5.91 Å². The molecular formula is C20H25NO. The molecular weight excluding hydrogens is 270 g/mol. The number of carbonyl (C=O) groups is 1. The quantitative estimate of drug-likeness (QED) is 0.901. The van der Waals surface area contributed by atoms with E-state index in [4.69, 9.17) is 0 Å². The number of carbonyl (C=O) groups excluding carboxylic acids is 1. The van der Waals surface area contributed by atoms with E-state index in [2.05, 4.69) is 35.6 Å². The predicted octanol–water partition coefficient (Wildman–Crippen LogP) is 3.88. The molecule has 2 heteroatoms. The summed E-state index contributed by atoms with van der Waals surface area (Å²) in [7, 11) is 0. The zero-order chi connectivity index (χ0) is 14.7. The second kappa shape index (κ2) is 4.59. The van der Waals surface area contributed by atoms with Crippen molar-refractivity contribution in [1.29, 1.82) is 0 Å². The van der Waals surface area contributed by atoms with Gasteiger partial charge in [-0.05, 0) is 68.3 Å². The topological polar surface area (TPSA) is 29.1 Å². The third kappa shape index (κ3) is 2.03. The first-order valence-electron chi connectivity index (χ1n) is 9.08. The van der Waals surface area contributed by atoms with E-state index in [9.17, 15) is 4.79 Å². The van der Waals surface area contributed by atoms with Crippen LogP contribution >= 0.6 is 0 Å². The SMILES string of the molecule is O=C(N[C@H]1C[C@@H]1c1ccccc1)C12CC3CC(CC(C3)C1)C2. The third-order valence-corrected chi connectivity index (χ3v) is 6.85. The van der Waals surface area contributed by atoms with Crippen LogP contribution in [0, 0.1) is 23.2 Å². The summed E-state index contributed by atoms with van der Waals surface area (Å²) in [4.78, 5) is 13.0. The van der Waals surface area contributed by atoms with Gasteiger partial charge in [-0.2, -0.15) is 0 Å². The lowest BCUT2D eigenvalue weighted by Crippen LogP contribution is -2.54. The lowest BCUT2D eigenvalue weighted by molar-refractivity contribution is -0.146. The average molecular weight is 295 g/mol. The molecule has 1 N–H and O–H groups in total. The van der Waals surface area contributed by atoms with Crippen molar-refractivity contribution in [2.45, 2.75) is 56.9 Å². The van der Waals surface area contributed by atoms with E-state index in [1.165, 1.54) is 44.1 Å². The van der Waals surface area contributed by atoms with Gasteiger partial charge in [0, 0.05) is 17.4 Å². The number of nitrogens with one attached hydrogen (secondary N) is 1. The molecule has 4 bridgehead atoms. The summed E-state index contributed by atoms with van der Waals surface area (Å²) >= 11 is 0. The van der Waals surface area contributed by atoms with Crippen LogP contribution in [-0.4, -0.2) is 11.9 Å². The van der Waals surface area contributed by atoms with Crippen molar-refractivity contribution in [3.8, 4) is 0 Å². The Hall–Kier alpha value is -1.31. The number of hydrogen-bond donors (Lipinski definition) is 1. The highest BCUT2D eigenvalue weighted by molar-refractivity contribution is 5.84. The van der Waals surface area contributed by atoms with Crippen molar-refractivity contribution in [2.24, 2.45) is 23.2 Å². The molecule has 1 amide bonds. The van der Waals surface area contributed by atoms with Gasteiger partial charge in [0.05, 0.1) is 0 Å². The highest BCUT2D eigenvalue weighted by Crippen LogP contribution is 2.60. The molecule has 2 atom stereocenters. The fraction of sp³-hybridized carbons (Fsp3) is 0.650. The van der Waals surface area contributed by atoms with E-state index in [-0.39, 0.29) is 5.41 Å². The lowest BCUT2D eigenvalue weighted by Gasteiger charge is -2.55. The molecule has 6 rings (SSSR count). The fourth-order valence-corrected chi connectivity index (χ4v) is 6.13. The Morgan fingerprint density at radius 3 is 2.09 bits per heavy atom. The molecule has 1 aromatic rings. The Bertz CT molecular complexity index is 558. The number of benzene rings is 1. The molecule has 0 heterocycles. The Kier molecular flexibility index (Phi) is 2.75. The van der Waals surface area contributed by atoms with E-state index >= 15 is 0 Å². The molecule has 5 aliphatic rings. The Balaban J connectivity index is 1.28. The predicted molar refractivity (Wildman–Crippen MR) is 86.3 cm³/mol. The molecule has 0 aliphatic heterocycles. The minimum absolute atomic E-state index is 0.0125. The maximum absolute atomic E-state index is 13.0. The molecule has 0 spiro atoms. The molecule has 5 saturated carbocycles. The molecule has 0 aromatic heterocycles. The van der Waals surface area contributed by atoms with E-state index in [0.717, 1.165) is 24.2 Å². The molecule has 1 aromatic carbocycles. The Morgan fingerprint density at radius 2 is 1.50 bits per heavy atom. The smallest absolute Gasteiger partial charge is 0.226 e. The van der Waals surface area contributed by atoms with Crippen LogP contribution in [0.2, 0.25) is 0 Å². The van der Waals surface area contributed by atoms with E-state index in [0.29, 0.717) is 17.9 Å². The summed E-state index contributed by atoms with van der Waals surface area (Å²) in [6.07, 6.45) is 8.87. The van der Waals surface area contributed by atoms with Gasteiger partial charge in [-0.15, -0.1) is 0 Å². The lowest BCUT2D eigenvalue weighted by atomic mass is 9.49. The normalized spacial score (nSPS) is 44.8. The van der Waals surface area contributed by atoms with Crippen molar-refractivity contribution in [1.82, 2.24) is 5.32 Å². The zero-order valence-electron chi connectivity index (χ0n) is 13.1. The fourth-order valence-electron chi connectivity index (χ4n) is 6.13. The van der Waals surface area contributed by atoms with Crippen LogP contribution in [0.15, 0.2) is 30.3 Å².